The largest absolute Gasteiger partial charge is 0.341 e. The maximum Gasteiger partial charge on any atom is 0.244 e. The molecule has 1 aliphatic carbocycles. The van der Waals surface area contributed by atoms with Crippen molar-refractivity contribution in [1.82, 2.24) is 29.7 Å². The Morgan fingerprint density at radius 1 is 1.27 bits per heavy atom. The van der Waals surface area contributed by atoms with E-state index in [0.29, 0.717) is 12.5 Å². The third-order valence-electron chi connectivity index (χ3n) is 7.52. The van der Waals surface area contributed by atoms with Gasteiger partial charge in [-0.25, -0.2) is 0 Å². The average molecular weight is 413 g/mol. The molecule has 2 aromatic heterocycles. The van der Waals surface area contributed by atoms with Crippen LogP contribution < -0.4 is 0 Å². The fourth-order valence-corrected chi connectivity index (χ4v) is 5.42. The van der Waals surface area contributed by atoms with Crippen molar-refractivity contribution in [2.24, 2.45) is 5.41 Å². The minimum Gasteiger partial charge on any atom is -0.341 e. The first kappa shape index (κ1) is 19.7. The van der Waals surface area contributed by atoms with Gasteiger partial charge in [0.1, 0.15) is 6.54 Å². The van der Waals surface area contributed by atoms with E-state index in [1.807, 2.05) is 29.5 Å². The van der Waals surface area contributed by atoms with Crippen LogP contribution in [0.25, 0.3) is 0 Å². The molecule has 30 heavy (non-hydrogen) atoms. The Kier molecular flexibility index (Phi) is 4.92. The molecule has 2 aliphatic heterocycles. The molecule has 8 heteroatoms. The van der Waals surface area contributed by atoms with Crippen LogP contribution in [0.2, 0.25) is 0 Å². The van der Waals surface area contributed by atoms with Gasteiger partial charge in [-0.2, -0.15) is 10.1 Å². The van der Waals surface area contributed by atoms with E-state index >= 15 is 0 Å². The molecular weight excluding hydrogens is 380 g/mol. The maximum absolute atomic E-state index is 12.8. The molecule has 2 aromatic rings. The van der Waals surface area contributed by atoms with Crippen LogP contribution in [0.5, 0.6) is 0 Å². The van der Waals surface area contributed by atoms with Crippen molar-refractivity contribution in [3.05, 3.63) is 29.2 Å². The number of likely N-dealkylation sites (tertiary alicyclic amines) is 2. The number of hydrogen-bond donors (Lipinski definition) is 0. The minimum atomic E-state index is 0.169. The van der Waals surface area contributed by atoms with Crippen LogP contribution in [-0.2, 0) is 11.3 Å². The van der Waals surface area contributed by atoms with Crippen LogP contribution in [0.4, 0.5) is 0 Å². The van der Waals surface area contributed by atoms with Gasteiger partial charge in [0.15, 0.2) is 5.82 Å². The molecule has 4 heterocycles. The lowest BCUT2D eigenvalue weighted by Gasteiger charge is -2.39. The smallest absolute Gasteiger partial charge is 0.244 e. The Bertz CT molecular complexity index is 922. The number of hydrogen-bond acceptors (Lipinski definition) is 6. The van der Waals surface area contributed by atoms with Crippen LogP contribution in [0.15, 0.2) is 10.6 Å². The van der Waals surface area contributed by atoms with E-state index in [9.17, 15) is 4.79 Å². The zero-order valence-corrected chi connectivity index (χ0v) is 18.3. The zero-order valence-electron chi connectivity index (χ0n) is 18.3. The summed E-state index contributed by atoms with van der Waals surface area (Å²) in [7, 11) is 2.17. The fraction of sp³-hybridized carbons (Fsp3) is 0.727. The van der Waals surface area contributed by atoms with Crippen LogP contribution in [-0.4, -0.2) is 62.3 Å². The van der Waals surface area contributed by atoms with E-state index in [1.165, 1.54) is 19.3 Å². The van der Waals surface area contributed by atoms with Gasteiger partial charge in [0, 0.05) is 31.2 Å². The Hall–Kier alpha value is -2.22. The van der Waals surface area contributed by atoms with Crippen LogP contribution >= 0.6 is 0 Å². The first-order chi connectivity index (χ1) is 14.4. The number of rotatable bonds is 4. The van der Waals surface area contributed by atoms with Crippen molar-refractivity contribution in [2.45, 2.75) is 70.9 Å². The van der Waals surface area contributed by atoms with Crippen molar-refractivity contribution < 1.29 is 9.32 Å². The van der Waals surface area contributed by atoms with Gasteiger partial charge in [-0.05, 0) is 64.5 Å². The molecule has 0 bridgehead atoms. The average Bonchev–Trinajstić information content (AvgIpc) is 3.33. The Balaban J connectivity index is 1.20. The molecule has 3 fully saturated rings. The summed E-state index contributed by atoms with van der Waals surface area (Å²) >= 11 is 0. The normalized spacial score (nSPS) is 24.5. The number of amides is 1. The van der Waals surface area contributed by atoms with E-state index in [2.05, 4.69) is 22.2 Å². The molecule has 3 aliphatic rings. The summed E-state index contributed by atoms with van der Waals surface area (Å²) in [5.41, 5.74) is 2.24. The second-order valence-corrected chi connectivity index (χ2v) is 9.72. The Labute approximate surface area is 177 Å². The third kappa shape index (κ3) is 3.55. The molecule has 1 amide bonds. The van der Waals surface area contributed by atoms with E-state index in [1.54, 1.807) is 0 Å². The lowest BCUT2D eigenvalue weighted by atomic mass is 9.76. The van der Waals surface area contributed by atoms with Crippen molar-refractivity contribution in [3.8, 4) is 0 Å². The number of nitrogens with zero attached hydrogens (tertiary/aromatic N) is 6. The van der Waals surface area contributed by atoms with Crippen LogP contribution in [0, 0.1) is 19.3 Å². The SMILES string of the molecule is Cc1cc(C)n(CC(=O)N2CCC3(CC2)CC(c2noc(C4CCC4)n2)N(C)C3)n1. The topological polar surface area (TPSA) is 80.3 Å². The first-order valence-corrected chi connectivity index (χ1v) is 11.2. The summed E-state index contributed by atoms with van der Waals surface area (Å²) in [6.45, 7) is 6.97. The van der Waals surface area contributed by atoms with E-state index in [-0.39, 0.29) is 17.4 Å². The summed E-state index contributed by atoms with van der Waals surface area (Å²) in [6.07, 6.45) is 6.73. The lowest BCUT2D eigenvalue weighted by Crippen LogP contribution is -2.45. The second-order valence-electron chi connectivity index (χ2n) is 9.72. The fourth-order valence-electron chi connectivity index (χ4n) is 5.42. The molecule has 1 spiro atoms. The summed E-state index contributed by atoms with van der Waals surface area (Å²) in [5.74, 6) is 2.32. The molecule has 5 rings (SSSR count). The van der Waals surface area contributed by atoms with Crippen molar-refractivity contribution in [3.63, 3.8) is 0 Å². The van der Waals surface area contributed by atoms with Crippen molar-refractivity contribution >= 4 is 5.91 Å². The second kappa shape index (κ2) is 7.48. The molecule has 162 valence electrons. The number of aromatic nitrogens is 4. The summed E-state index contributed by atoms with van der Waals surface area (Å²) < 4.78 is 7.39. The summed E-state index contributed by atoms with van der Waals surface area (Å²) in [5, 5.41) is 8.76. The minimum absolute atomic E-state index is 0.169. The molecular formula is C22H32N6O2. The highest BCUT2D eigenvalue weighted by Crippen LogP contribution is 2.48. The zero-order chi connectivity index (χ0) is 20.9. The molecule has 0 N–H and O–H groups in total. The van der Waals surface area contributed by atoms with Gasteiger partial charge in [0.05, 0.1) is 11.7 Å². The molecule has 2 saturated heterocycles. The number of carbonyl (C=O) groups is 1. The van der Waals surface area contributed by atoms with E-state index < -0.39 is 0 Å². The predicted molar refractivity (Wildman–Crippen MR) is 111 cm³/mol. The highest BCUT2D eigenvalue weighted by Gasteiger charge is 2.46. The van der Waals surface area contributed by atoms with Gasteiger partial charge in [-0.15, -0.1) is 0 Å². The number of piperidine rings is 1. The summed E-state index contributed by atoms with van der Waals surface area (Å²) in [6, 6.07) is 2.24. The highest BCUT2D eigenvalue weighted by atomic mass is 16.5. The standard InChI is InChI=1S/C22H32N6O2/c1-15-11-16(2)28(24-15)13-19(29)27-9-7-22(8-10-27)12-18(26(3)14-22)20-23-21(30-25-20)17-5-4-6-17/h11,17-18H,4-10,12-14H2,1-3H3. The molecule has 0 radical (unpaired) electrons. The Morgan fingerprint density at radius 2 is 2.03 bits per heavy atom. The highest BCUT2D eigenvalue weighted by molar-refractivity contribution is 5.76. The first-order valence-electron chi connectivity index (χ1n) is 11.2. The van der Waals surface area contributed by atoms with Crippen LogP contribution in [0.1, 0.15) is 73.6 Å². The molecule has 8 nitrogen and oxygen atoms in total. The van der Waals surface area contributed by atoms with Gasteiger partial charge >= 0.3 is 0 Å². The van der Waals surface area contributed by atoms with Gasteiger partial charge in [-0.1, -0.05) is 11.6 Å². The number of carbonyl (C=O) groups excluding carboxylic acids is 1. The van der Waals surface area contributed by atoms with Gasteiger partial charge in [0.25, 0.3) is 0 Å². The molecule has 1 unspecified atom stereocenters. The Morgan fingerprint density at radius 3 is 2.67 bits per heavy atom. The molecule has 1 saturated carbocycles. The van der Waals surface area contributed by atoms with Crippen LogP contribution in [0.3, 0.4) is 0 Å². The van der Waals surface area contributed by atoms with E-state index in [0.717, 1.165) is 62.0 Å². The van der Waals surface area contributed by atoms with Crippen molar-refractivity contribution in [2.75, 3.05) is 26.7 Å². The quantitative estimate of drug-likeness (QED) is 0.768. The molecule has 1 atom stereocenters. The van der Waals surface area contributed by atoms with Gasteiger partial charge in [-0.3, -0.25) is 14.4 Å². The van der Waals surface area contributed by atoms with Gasteiger partial charge < -0.3 is 9.42 Å². The van der Waals surface area contributed by atoms with E-state index in [4.69, 9.17) is 9.51 Å². The molecule has 0 aromatic carbocycles. The summed E-state index contributed by atoms with van der Waals surface area (Å²) in [4.78, 5) is 21.9. The third-order valence-corrected chi connectivity index (χ3v) is 7.52. The monoisotopic (exact) mass is 412 g/mol. The van der Waals surface area contributed by atoms with Gasteiger partial charge in [0.2, 0.25) is 11.8 Å². The lowest BCUT2D eigenvalue weighted by molar-refractivity contribution is -0.134. The maximum atomic E-state index is 12.8. The number of aryl methyl sites for hydroxylation is 2. The van der Waals surface area contributed by atoms with Crippen molar-refractivity contribution in [1.29, 1.82) is 0 Å². The predicted octanol–water partition coefficient (Wildman–Crippen LogP) is 2.84.